The monoisotopic (exact) mass is 550 g/mol. The number of benzene rings is 2. The van der Waals surface area contributed by atoms with Gasteiger partial charge in [-0.25, -0.2) is 0 Å². The molecule has 7 nitrogen and oxygen atoms in total. The van der Waals surface area contributed by atoms with E-state index in [1.165, 1.54) is 5.56 Å². The number of hydrogen-bond acceptors (Lipinski definition) is 5. The smallest absolute Gasteiger partial charge is 0.253 e. The molecule has 2 aromatic rings. The quantitative estimate of drug-likeness (QED) is 0.389. The van der Waals surface area contributed by atoms with Crippen molar-refractivity contribution in [2.24, 2.45) is 11.1 Å². The molecule has 1 saturated heterocycles. The number of halogens is 1. The number of hydrogen-bond donors (Lipinski definition) is 2. The van der Waals surface area contributed by atoms with Crippen LogP contribution in [0.5, 0.6) is 0 Å². The van der Waals surface area contributed by atoms with Gasteiger partial charge in [0.05, 0.1) is 10.6 Å². The Morgan fingerprint density at radius 3 is 2.64 bits per heavy atom. The van der Waals surface area contributed by atoms with Crippen molar-refractivity contribution >= 4 is 34.8 Å². The number of amides is 2. The summed E-state index contributed by atoms with van der Waals surface area (Å²) in [7, 11) is 0. The van der Waals surface area contributed by atoms with Gasteiger partial charge in [-0.15, -0.1) is 0 Å². The molecule has 4 rings (SSSR count). The zero-order valence-electron chi connectivity index (χ0n) is 23.1. The third-order valence-electron chi connectivity index (χ3n) is 7.42. The van der Waals surface area contributed by atoms with Gasteiger partial charge in [-0.3, -0.25) is 9.59 Å². The molecule has 0 saturated carbocycles. The van der Waals surface area contributed by atoms with Crippen LogP contribution in [0.2, 0.25) is 5.02 Å². The molecule has 2 aliphatic heterocycles. The SMILES string of the molecule is CC1=C(C(=O)NCCCN2CCC(c3cccc(NC(=O)C(C)C)c3)CC2)C(c2ccccc2Cl)=NOCC1. The number of oxime groups is 1. The van der Waals surface area contributed by atoms with Gasteiger partial charge in [0.1, 0.15) is 12.3 Å². The number of nitrogens with one attached hydrogen (secondary N) is 2. The Kier molecular flexibility index (Phi) is 10.2. The maximum atomic E-state index is 13.3. The molecule has 208 valence electrons. The van der Waals surface area contributed by atoms with Crippen LogP contribution in [0.1, 0.15) is 63.5 Å². The second-order valence-electron chi connectivity index (χ2n) is 10.7. The van der Waals surface area contributed by atoms with E-state index in [4.69, 9.17) is 16.4 Å². The third-order valence-corrected chi connectivity index (χ3v) is 7.75. The van der Waals surface area contributed by atoms with Gasteiger partial charge in [0.25, 0.3) is 5.91 Å². The molecule has 8 heteroatoms. The Hall–Kier alpha value is -3.16. The normalized spacial score (nSPS) is 16.9. The van der Waals surface area contributed by atoms with E-state index in [1.807, 2.05) is 51.1 Å². The number of piperidine rings is 1. The highest BCUT2D eigenvalue weighted by atomic mass is 35.5. The lowest BCUT2D eigenvalue weighted by Gasteiger charge is -2.32. The van der Waals surface area contributed by atoms with Crippen LogP contribution >= 0.6 is 11.6 Å². The Morgan fingerprint density at radius 1 is 1.13 bits per heavy atom. The summed E-state index contributed by atoms with van der Waals surface area (Å²) in [6.45, 7) is 9.75. The van der Waals surface area contributed by atoms with Crippen LogP contribution in [-0.2, 0) is 14.4 Å². The average Bonchev–Trinajstić information content (AvgIpc) is 3.13. The first-order chi connectivity index (χ1) is 18.8. The number of carbonyl (C=O) groups is 2. The van der Waals surface area contributed by atoms with Gasteiger partial charge in [0.15, 0.2) is 0 Å². The number of likely N-dealkylation sites (tertiary alicyclic amines) is 1. The van der Waals surface area contributed by atoms with Crippen LogP contribution in [0, 0.1) is 5.92 Å². The van der Waals surface area contributed by atoms with Crippen molar-refractivity contribution in [1.82, 2.24) is 10.2 Å². The van der Waals surface area contributed by atoms with Crippen LogP contribution in [-0.4, -0.2) is 55.2 Å². The lowest BCUT2D eigenvalue weighted by Crippen LogP contribution is -2.36. The largest absolute Gasteiger partial charge is 0.395 e. The van der Waals surface area contributed by atoms with E-state index >= 15 is 0 Å². The van der Waals surface area contributed by atoms with Crippen molar-refractivity contribution in [3.05, 3.63) is 75.8 Å². The highest BCUT2D eigenvalue weighted by Gasteiger charge is 2.25. The zero-order chi connectivity index (χ0) is 27.8. The molecule has 2 aliphatic rings. The van der Waals surface area contributed by atoms with Crippen LogP contribution in [0.3, 0.4) is 0 Å². The van der Waals surface area contributed by atoms with Crippen LogP contribution < -0.4 is 10.6 Å². The topological polar surface area (TPSA) is 83.0 Å². The van der Waals surface area contributed by atoms with Gasteiger partial charge in [-0.2, -0.15) is 0 Å². The fourth-order valence-electron chi connectivity index (χ4n) is 5.06. The Balaban J connectivity index is 1.25. The van der Waals surface area contributed by atoms with Crippen LogP contribution in [0.15, 0.2) is 64.8 Å². The number of carbonyl (C=O) groups excluding carboxylic acids is 2. The predicted molar refractivity (Wildman–Crippen MR) is 157 cm³/mol. The van der Waals surface area contributed by atoms with Crippen molar-refractivity contribution in [2.75, 3.05) is 38.1 Å². The highest BCUT2D eigenvalue weighted by molar-refractivity contribution is 6.38. The summed E-state index contributed by atoms with van der Waals surface area (Å²) in [5.41, 5.74) is 4.84. The molecule has 0 unspecified atom stereocenters. The fraction of sp³-hybridized carbons (Fsp3) is 0.452. The van der Waals surface area contributed by atoms with Gasteiger partial charge in [0, 0.05) is 30.1 Å². The molecule has 0 atom stereocenters. The average molecular weight is 551 g/mol. The second-order valence-corrected chi connectivity index (χ2v) is 11.1. The summed E-state index contributed by atoms with van der Waals surface area (Å²) < 4.78 is 0. The van der Waals surface area contributed by atoms with Gasteiger partial charge in [0.2, 0.25) is 5.91 Å². The molecule has 1 fully saturated rings. The maximum Gasteiger partial charge on any atom is 0.253 e. The molecule has 2 amide bonds. The van der Waals surface area contributed by atoms with E-state index in [0.717, 1.165) is 50.2 Å². The Labute approximate surface area is 236 Å². The molecule has 39 heavy (non-hydrogen) atoms. The predicted octanol–water partition coefficient (Wildman–Crippen LogP) is 5.76. The minimum atomic E-state index is -0.139. The Morgan fingerprint density at radius 2 is 1.90 bits per heavy atom. The molecule has 0 bridgehead atoms. The highest BCUT2D eigenvalue weighted by Crippen LogP contribution is 2.30. The second kappa shape index (κ2) is 13.8. The summed E-state index contributed by atoms with van der Waals surface area (Å²) in [6, 6.07) is 15.6. The standard InChI is InChI=1S/C31H39ClN4O3/c1-21(2)30(37)34-25-9-6-8-24(20-25)23-12-17-36(18-13-23)16-7-15-33-31(38)28-22(3)14-19-39-35-29(28)26-10-4-5-11-27(26)32/h4-6,8-11,20-21,23H,7,12-19H2,1-3H3,(H,33,38)(H,34,37). The minimum Gasteiger partial charge on any atom is -0.395 e. The van der Waals surface area contributed by atoms with E-state index in [0.29, 0.717) is 47.4 Å². The van der Waals surface area contributed by atoms with Crippen molar-refractivity contribution in [3.63, 3.8) is 0 Å². The van der Waals surface area contributed by atoms with E-state index in [2.05, 4.69) is 32.8 Å². The third kappa shape index (κ3) is 7.70. The van der Waals surface area contributed by atoms with Gasteiger partial charge in [-0.1, -0.05) is 66.5 Å². The summed E-state index contributed by atoms with van der Waals surface area (Å²) in [5, 5.41) is 10.9. The lowest BCUT2D eigenvalue weighted by molar-refractivity contribution is -0.119. The Bertz CT molecular complexity index is 1230. The first kappa shape index (κ1) is 28.8. The molecule has 2 heterocycles. The zero-order valence-corrected chi connectivity index (χ0v) is 23.9. The van der Waals surface area contributed by atoms with Gasteiger partial charge < -0.3 is 20.4 Å². The number of nitrogens with zero attached hydrogens (tertiary/aromatic N) is 2. The summed E-state index contributed by atoms with van der Waals surface area (Å²) in [6.07, 6.45) is 3.67. The van der Waals surface area contributed by atoms with Crippen molar-refractivity contribution < 1.29 is 14.4 Å². The van der Waals surface area contributed by atoms with E-state index in [9.17, 15) is 9.59 Å². The first-order valence-corrected chi connectivity index (χ1v) is 14.3. The van der Waals surface area contributed by atoms with Crippen LogP contribution in [0.25, 0.3) is 0 Å². The molecule has 2 aromatic carbocycles. The van der Waals surface area contributed by atoms with Crippen LogP contribution in [0.4, 0.5) is 5.69 Å². The number of anilines is 1. The molecular weight excluding hydrogens is 512 g/mol. The minimum absolute atomic E-state index is 0.0406. The summed E-state index contributed by atoms with van der Waals surface area (Å²) in [4.78, 5) is 33.2. The fourth-order valence-corrected chi connectivity index (χ4v) is 5.29. The van der Waals surface area contributed by atoms with Gasteiger partial charge in [-0.05, 0) is 75.5 Å². The van der Waals surface area contributed by atoms with E-state index in [-0.39, 0.29) is 17.7 Å². The summed E-state index contributed by atoms with van der Waals surface area (Å²) >= 11 is 6.42. The van der Waals surface area contributed by atoms with E-state index < -0.39 is 0 Å². The van der Waals surface area contributed by atoms with Crippen molar-refractivity contribution in [1.29, 1.82) is 0 Å². The number of rotatable bonds is 9. The molecule has 0 aliphatic carbocycles. The lowest BCUT2D eigenvalue weighted by atomic mass is 9.89. The van der Waals surface area contributed by atoms with Crippen molar-refractivity contribution in [3.8, 4) is 0 Å². The van der Waals surface area contributed by atoms with E-state index in [1.54, 1.807) is 6.07 Å². The molecular formula is C31H39ClN4O3. The molecule has 0 radical (unpaired) electrons. The van der Waals surface area contributed by atoms with Crippen molar-refractivity contribution in [2.45, 2.75) is 52.4 Å². The first-order valence-electron chi connectivity index (χ1n) is 13.9. The molecule has 2 N–H and O–H groups in total. The maximum absolute atomic E-state index is 13.3. The molecule has 0 spiro atoms. The summed E-state index contributed by atoms with van der Waals surface area (Å²) in [5.74, 6) is 0.355. The molecule has 0 aromatic heterocycles. The van der Waals surface area contributed by atoms with Gasteiger partial charge >= 0.3 is 0 Å².